The number of methoxy groups -OCH3 is 1. The van der Waals surface area contributed by atoms with Gasteiger partial charge < -0.3 is 19.9 Å². The molecule has 0 spiro atoms. The van der Waals surface area contributed by atoms with Gasteiger partial charge in [0.15, 0.2) is 0 Å². The summed E-state index contributed by atoms with van der Waals surface area (Å²) in [5, 5.41) is 6.58. The number of hydrogen-bond acceptors (Lipinski definition) is 3. The first-order valence-corrected chi connectivity index (χ1v) is 9.30. The van der Waals surface area contributed by atoms with Crippen molar-refractivity contribution in [2.45, 2.75) is 19.0 Å². The van der Waals surface area contributed by atoms with Crippen LogP contribution in [0.3, 0.4) is 0 Å². The molecule has 146 valence electrons. The van der Waals surface area contributed by atoms with E-state index in [4.69, 9.17) is 16.3 Å². The minimum absolute atomic E-state index is 0.244. The van der Waals surface area contributed by atoms with Crippen LogP contribution in [0.25, 0.3) is 0 Å². The zero-order chi connectivity index (χ0) is 20.1. The third-order valence-electron chi connectivity index (χ3n) is 4.56. The molecule has 0 aliphatic heterocycles. The standard InChI is InChI=1S/C21H23ClN4O2/c1-14(17-6-4-5-7-18(17)22)24-21(27)25-19(20-23-12-13-26(20)2)15-8-10-16(28-3)11-9-15/h4-14,19H,1-3H3,(H2,24,25,27). The molecule has 3 rings (SSSR count). The molecule has 7 heteroatoms. The van der Waals surface area contributed by atoms with Crippen molar-refractivity contribution >= 4 is 17.6 Å². The fourth-order valence-electron chi connectivity index (χ4n) is 3.02. The number of aromatic nitrogens is 2. The van der Waals surface area contributed by atoms with Crippen molar-refractivity contribution in [3.05, 3.63) is 82.9 Å². The second-order valence-electron chi connectivity index (χ2n) is 6.46. The van der Waals surface area contributed by atoms with Crippen molar-refractivity contribution in [1.29, 1.82) is 0 Å². The number of aryl methyl sites for hydroxylation is 1. The molecule has 0 bridgehead atoms. The molecule has 2 unspecified atom stereocenters. The van der Waals surface area contributed by atoms with Gasteiger partial charge in [-0.2, -0.15) is 0 Å². The molecule has 2 aromatic carbocycles. The molecule has 0 aliphatic carbocycles. The zero-order valence-corrected chi connectivity index (χ0v) is 16.8. The number of amides is 2. The molecule has 0 saturated carbocycles. The van der Waals surface area contributed by atoms with Gasteiger partial charge in [-0.3, -0.25) is 0 Å². The van der Waals surface area contributed by atoms with Gasteiger partial charge in [-0.05, 0) is 36.2 Å². The van der Waals surface area contributed by atoms with E-state index in [-0.39, 0.29) is 12.1 Å². The number of nitrogens with one attached hydrogen (secondary N) is 2. The molecule has 1 heterocycles. The minimum atomic E-state index is -0.413. The predicted molar refractivity (Wildman–Crippen MR) is 110 cm³/mol. The Balaban J connectivity index is 1.80. The third kappa shape index (κ3) is 4.46. The van der Waals surface area contributed by atoms with Crippen LogP contribution in [0.2, 0.25) is 5.02 Å². The van der Waals surface area contributed by atoms with E-state index in [1.807, 2.05) is 67.2 Å². The summed E-state index contributed by atoms with van der Waals surface area (Å²) < 4.78 is 7.11. The lowest BCUT2D eigenvalue weighted by molar-refractivity contribution is 0.235. The second kappa shape index (κ2) is 8.80. The number of benzene rings is 2. The molecule has 0 radical (unpaired) electrons. The van der Waals surface area contributed by atoms with Crippen LogP contribution < -0.4 is 15.4 Å². The number of imidazole rings is 1. The van der Waals surface area contributed by atoms with Gasteiger partial charge in [-0.15, -0.1) is 0 Å². The molecule has 2 amide bonds. The summed E-state index contributed by atoms with van der Waals surface area (Å²) in [4.78, 5) is 17.1. The van der Waals surface area contributed by atoms with Crippen molar-refractivity contribution in [1.82, 2.24) is 20.2 Å². The highest BCUT2D eigenvalue weighted by molar-refractivity contribution is 6.31. The first kappa shape index (κ1) is 19.8. The average molecular weight is 399 g/mol. The van der Waals surface area contributed by atoms with Gasteiger partial charge in [0.1, 0.15) is 17.6 Å². The Labute approximate surface area is 169 Å². The van der Waals surface area contributed by atoms with Crippen LogP contribution in [-0.4, -0.2) is 22.7 Å². The van der Waals surface area contributed by atoms with E-state index in [1.54, 1.807) is 19.4 Å². The summed E-state index contributed by atoms with van der Waals surface area (Å²) in [5.74, 6) is 1.48. The molecule has 0 aliphatic rings. The number of rotatable bonds is 6. The fourth-order valence-corrected chi connectivity index (χ4v) is 3.32. The van der Waals surface area contributed by atoms with Crippen molar-refractivity contribution in [3.63, 3.8) is 0 Å². The van der Waals surface area contributed by atoms with Gasteiger partial charge >= 0.3 is 6.03 Å². The highest BCUT2D eigenvalue weighted by atomic mass is 35.5. The van der Waals surface area contributed by atoms with Gasteiger partial charge in [0.05, 0.1) is 13.2 Å². The highest BCUT2D eigenvalue weighted by Gasteiger charge is 2.22. The monoisotopic (exact) mass is 398 g/mol. The number of carbonyl (C=O) groups is 1. The molecule has 1 aromatic heterocycles. The first-order valence-electron chi connectivity index (χ1n) is 8.92. The summed E-state index contributed by atoms with van der Waals surface area (Å²) in [6, 6.07) is 14.0. The molecule has 2 N–H and O–H groups in total. The van der Waals surface area contributed by atoms with E-state index in [9.17, 15) is 4.79 Å². The van der Waals surface area contributed by atoms with Gasteiger partial charge in [0.25, 0.3) is 0 Å². The normalized spacial score (nSPS) is 12.9. The lowest BCUT2D eigenvalue weighted by Crippen LogP contribution is -2.40. The number of halogens is 1. The Bertz CT molecular complexity index is 940. The smallest absolute Gasteiger partial charge is 0.316 e. The van der Waals surface area contributed by atoms with Gasteiger partial charge in [0, 0.05) is 24.5 Å². The largest absolute Gasteiger partial charge is 0.497 e. The van der Waals surface area contributed by atoms with E-state index in [1.165, 1.54) is 0 Å². The molecule has 28 heavy (non-hydrogen) atoms. The van der Waals surface area contributed by atoms with Gasteiger partial charge in [-0.1, -0.05) is 41.9 Å². The van der Waals surface area contributed by atoms with E-state index in [0.717, 1.165) is 22.7 Å². The van der Waals surface area contributed by atoms with Gasteiger partial charge in [-0.25, -0.2) is 9.78 Å². The molecule has 0 saturated heterocycles. The maximum Gasteiger partial charge on any atom is 0.316 e. The molecule has 3 aromatic rings. The summed E-state index contributed by atoms with van der Waals surface area (Å²) in [6.45, 7) is 1.89. The Morgan fingerprint density at radius 2 is 1.86 bits per heavy atom. The summed E-state index contributed by atoms with van der Waals surface area (Å²) in [7, 11) is 3.51. The minimum Gasteiger partial charge on any atom is -0.497 e. The molecular weight excluding hydrogens is 376 g/mol. The lowest BCUT2D eigenvalue weighted by Gasteiger charge is -2.22. The van der Waals surface area contributed by atoms with Crippen molar-refractivity contribution < 1.29 is 9.53 Å². The number of carbonyl (C=O) groups excluding carboxylic acids is 1. The SMILES string of the molecule is COc1ccc(C(NC(=O)NC(C)c2ccccc2Cl)c2nccn2C)cc1. The Morgan fingerprint density at radius 1 is 1.14 bits per heavy atom. The summed E-state index contributed by atoms with van der Waals surface area (Å²) in [6.07, 6.45) is 3.55. The maximum absolute atomic E-state index is 12.7. The topological polar surface area (TPSA) is 68.2 Å². The summed E-state index contributed by atoms with van der Waals surface area (Å²) in [5.41, 5.74) is 1.76. The predicted octanol–water partition coefficient (Wildman–Crippen LogP) is 4.23. The number of ether oxygens (including phenoxy) is 1. The van der Waals surface area contributed by atoms with Gasteiger partial charge in [0.2, 0.25) is 0 Å². The molecular formula is C21H23ClN4O2. The van der Waals surface area contributed by atoms with E-state index in [0.29, 0.717) is 5.02 Å². The van der Waals surface area contributed by atoms with Crippen LogP contribution in [0.5, 0.6) is 5.75 Å². The van der Waals surface area contributed by atoms with Crippen molar-refractivity contribution in [3.8, 4) is 5.75 Å². The second-order valence-corrected chi connectivity index (χ2v) is 6.87. The van der Waals surface area contributed by atoms with Crippen molar-refractivity contribution in [2.75, 3.05) is 7.11 Å². The maximum atomic E-state index is 12.7. The molecule has 0 fully saturated rings. The number of nitrogens with zero attached hydrogens (tertiary/aromatic N) is 2. The number of hydrogen-bond donors (Lipinski definition) is 2. The van der Waals surface area contributed by atoms with E-state index in [2.05, 4.69) is 15.6 Å². The van der Waals surface area contributed by atoms with Crippen LogP contribution in [0, 0.1) is 0 Å². The van der Waals surface area contributed by atoms with Crippen LogP contribution in [0.4, 0.5) is 4.79 Å². The molecule has 6 nitrogen and oxygen atoms in total. The van der Waals surface area contributed by atoms with E-state index < -0.39 is 6.04 Å². The van der Waals surface area contributed by atoms with Crippen LogP contribution in [-0.2, 0) is 7.05 Å². The van der Waals surface area contributed by atoms with E-state index >= 15 is 0 Å². The van der Waals surface area contributed by atoms with Crippen LogP contribution >= 0.6 is 11.6 Å². The fraction of sp³-hybridized carbons (Fsp3) is 0.238. The van der Waals surface area contributed by atoms with Crippen molar-refractivity contribution in [2.24, 2.45) is 7.05 Å². The molecule has 2 atom stereocenters. The number of urea groups is 1. The van der Waals surface area contributed by atoms with Crippen LogP contribution in [0.1, 0.15) is 36.0 Å². The Morgan fingerprint density at radius 3 is 2.46 bits per heavy atom. The Kier molecular flexibility index (Phi) is 6.21. The van der Waals surface area contributed by atoms with Crippen LogP contribution in [0.15, 0.2) is 60.9 Å². The Hall–Kier alpha value is -2.99. The third-order valence-corrected chi connectivity index (χ3v) is 4.90. The zero-order valence-electron chi connectivity index (χ0n) is 16.0. The highest BCUT2D eigenvalue weighted by Crippen LogP contribution is 2.24. The summed E-state index contributed by atoms with van der Waals surface area (Å²) >= 11 is 6.24. The first-order chi connectivity index (χ1) is 13.5. The quantitative estimate of drug-likeness (QED) is 0.652. The average Bonchev–Trinajstić information content (AvgIpc) is 3.12. The lowest BCUT2D eigenvalue weighted by atomic mass is 10.1.